The summed E-state index contributed by atoms with van der Waals surface area (Å²) in [6, 6.07) is 9.32. The summed E-state index contributed by atoms with van der Waals surface area (Å²) in [5.74, 6) is 0.263. The van der Waals surface area contributed by atoms with Crippen LogP contribution in [-0.4, -0.2) is 22.4 Å². The monoisotopic (exact) mass is 336 g/mol. The number of anilines is 2. The van der Waals surface area contributed by atoms with Gasteiger partial charge < -0.3 is 10.6 Å². The van der Waals surface area contributed by atoms with Gasteiger partial charge in [0.1, 0.15) is 5.69 Å². The van der Waals surface area contributed by atoms with Gasteiger partial charge in [0.25, 0.3) is 5.91 Å². The Labute approximate surface area is 148 Å². The van der Waals surface area contributed by atoms with Crippen molar-refractivity contribution in [3.63, 3.8) is 0 Å². The molecule has 1 aliphatic carbocycles. The Balaban J connectivity index is 1.56. The van der Waals surface area contributed by atoms with Gasteiger partial charge in [0.05, 0.1) is 0 Å². The Hall–Kier alpha value is -2.69. The molecule has 2 aromatic rings. The average molecular weight is 336 g/mol. The van der Waals surface area contributed by atoms with Crippen LogP contribution in [0.1, 0.15) is 48.2 Å². The van der Waals surface area contributed by atoms with E-state index in [1.165, 1.54) is 31.3 Å². The fourth-order valence-electron chi connectivity index (χ4n) is 2.95. The third-order valence-electron chi connectivity index (χ3n) is 4.28. The molecule has 0 aliphatic heterocycles. The molecule has 1 aromatic heterocycles. The highest BCUT2D eigenvalue weighted by atomic mass is 16.1. The van der Waals surface area contributed by atoms with Crippen molar-refractivity contribution in [3.8, 4) is 0 Å². The van der Waals surface area contributed by atoms with Crippen LogP contribution in [-0.2, 0) is 0 Å². The number of carbonyl (C=O) groups is 1. The number of aromatic nitrogens is 2. The minimum absolute atomic E-state index is 0.231. The van der Waals surface area contributed by atoms with E-state index in [-0.39, 0.29) is 5.91 Å². The highest BCUT2D eigenvalue weighted by Crippen LogP contribution is 2.19. The number of rotatable bonds is 6. The molecule has 0 radical (unpaired) electrons. The molecule has 130 valence electrons. The first kappa shape index (κ1) is 17.1. The smallest absolute Gasteiger partial charge is 0.274 e. The van der Waals surface area contributed by atoms with E-state index >= 15 is 0 Å². The lowest BCUT2D eigenvalue weighted by Gasteiger charge is -2.13. The second kappa shape index (κ2) is 8.42. The summed E-state index contributed by atoms with van der Waals surface area (Å²) >= 11 is 0. The van der Waals surface area contributed by atoms with Crippen molar-refractivity contribution in [2.75, 3.05) is 17.2 Å². The van der Waals surface area contributed by atoms with Crippen molar-refractivity contribution in [3.05, 3.63) is 59.4 Å². The highest BCUT2D eigenvalue weighted by Gasteiger charge is 2.10. The zero-order valence-electron chi connectivity index (χ0n) is 14.6. The number of aryl methyl sites for hydroxylation is 1. The van der Waals surface area contributed by atoms with Crippen LogP contribution in [0.3, 0.4) is 0 Å². The molecule has 1 heterocycles. The topological polar surface area (TPSA) is 66.9 Å². The van der Waals surface area contributed by atoms with Crippen LogP contribution in [0.4, 0.5) is 11.6 Å². The van der Waals surface area contributed by atoms with E-state index in [0.717, 1.165) is 24.2 Å². The van der Waals surface area contributed by atoms with E-state index < -0.39 is 0 Å². The fraction of sp³-hybridized carbons (Fsp3) is 0.350. The van der Waals surface area contributed by atoms with Crippen molar-refractivity contribution in [1.82, 2.24) is 9.97 Å². The first-order valence-corrected chi connectivity index (χ1v) is 8.83. The van der Waals surface area contributed by atoms with Crippen molar-refractivity contribution >= 4 is 17.5 Å². The summed E-state index contributed by atoms with van der Waals surface area (Å²) in [6.07, 6.45) is 9.94. The van der Waals surface area contributed by atoms with Crippen LogP contribution < -0.4 is 10.6 Å². The maximum atomic E-state index is 12.4. The second-order valence-electron chi connectivity index (χ2n) is 6.37. The maximum absolute atomic E-state index is 12.4. The van der Waals surface area contributed by atoms with Gasteiger partial charge in [-0.3, -0.25) is 4.79 Å². The maximum Gasteiger partial charge on any atom is 0.274 e. The Kier molecular flexibility index (Phi) is 5.77. The number of nitrogens with zero attached hydrogens (tertiary/aromatic N) is 2. The quantitative estimate of drug-likeness (QED) is 0.770. The molecule has 0 fully saturated rings. The van der Waals surface area contributed by atoms with E-state index in [2.05, 4.69) is 26.7 Å². The molecule has 1 aliphatic rings. The van der Waals surface area contributed by atoms with Gasteiger partial charge in [0.2, 0.25) is 5.95 Å². The molecule has 2 N–H and O–H groups in total. The Morgan fingerprint density at radius 1 is 1.24 bits per heavy atom. The molecule has 3 rings (SSSR count). The van der Waals surface area contributed by atoms with Gasteiger partial charge in [-0.15, -0.1) is 0 Å². The van der Waals surface area contributed by atoms with Gasteiger partial charge in [-0.2, -0.15) is 0 Å². The van der Waals surface area contributed by atoms with E-state index in [0.29, 0.717) is 11.6 Å². The van der Waals surface area contributed by atoms with Crippen molar-refractivity contribution < 1.29 is 4.79 Å². The van der Waals surface area contributed by atoms with Gasteiger partial charge in [-0.25, -0.2) is 9.97 Å². The normalized spacial score (nSPS) is 13.9. The van der Waals surface area contributed by atoms with E-state index in [1.54, 1.807) is 12.3 Å². The van der Waals surface area contributed by atoms with Gasteiger partial charge in [-0.05, 0) is 62.8 Å². The van der Waals surface area contributed by atoms with E-state index in [1.807, 2.05) is 31.2 Å². The van der Waals surface area contributed by atoms with Gasteiger partial charge in [-0.1, -0.05) is 23.8 Å². The predicted octanol–water partition coefficient (Wildman–Crippen LogP) is 4.34. The zero-order valence-corrected chi connectivity index (χ0v) is 14.6. The molecule has 0 atom stereocenters. The molecule has 0 unspecified atom stereocenters. The largest absolute Gasteiger partial charge is 0.354 e. The summed E-state index contributed by atoms with van der Waals surface area (Å²) in [6.45, 7) is 2.78. The summed E-state index contributed by atoms with van der Waals surface area (Å²) in [5, 5.41) is 6.09. The van der Waals surface area contributed by atoms with E-state index in [4.69, 9.17) is 0 Å². The Morgan fingerprint density at radius 3 is 2.96 bits per heavy atom. The third-order valence-corrected chi connectivity index (χ3v) is 4.28. The Bertz CT molecular complexity index is 770. The molecule has 0 bridgehead atoms. The van der Waals surface area contributed by atoms with Crippen LogP contribution in [0.15, 0.2) is 48.2 Å². The van der Waals surface area contributed by atoms with Crippen LogP contribution >= 0.6 is 0 Å². The molecule has 0 spiro atoms. The van der Waals surface area contributed by atoms with Crippen LogP contribution in [0, 0.1) is 6.92 Å². The average Bonchev–Trinajstić information content (AvgIpc) is 2.63. The predicted molar refractivity (Wildman–Crippen MR) is 101 cm³/mol. The number of hydrogen-bond acceptors (Lipinski definition) is 4. The number of amides is 1. The minimum atomic E-state index is -0.231. The lowest BCUT2D eigenvalue weighted by atomic mass is 9.97. The summed E-state index contributed by atoms with van der Waals surface area (Å²) in [5.41, 5.74) is 3.73. The molecule has 0 saturated heterocycles. The molecular weight excluding hydrogens is 312 g/mol. The minimum Gasteiger partial charge on any atom is -0.354 e. The first-order valence-electron chi connectivity index (χ1n) is 8.83. The molecule has 1 aromatic carbocycles. The van der Waals surface area contributed by atoms with Crippen LogP contribution in [0.2, 0.25) is 0 Å². The van der Waals surface area contributed by atoms with Crippen molar-refractivity contribution in [2.24, 2.45) is 0 Å². The number of carbonyl (C=O) groups excluding carboxylic acids is 1. The van der Waals surface area contributed by atoms with Gasteiger partial charge in [0.15, 0.2) is 0 Å². The molecule has 0 saturated carbocycles. The molecule has 25 heavy (non-hydrogen) atoms. The zero-order chi connectivity index (χ0) is 17.5. The van der Waals surface area contributed by atoms with Crippen molar-refractivity contribution in [1.29, 1.82) is 0 Å². The van der Waals surface area contributed by atoms with Crippen molar-refractivity contribution in [2.45, 2.75) is 39.0 Å². The number of benzene rings is 1. The Morgan fingerprint density at radius 2 is 2.16 bits per heavy atom. The number of allylic oxidation sites excluding steroid dienone is 1. The number of hydrogen-bond donors (Lipinski definition) is 2. The molecular formula is C20H24N4O. The summed E-state index contributed by atoms with van der Waals surface area (Å²) in [7, 11) is 0. The van der Waals surface area contributed by atoms with Gasteiger partial charge >= 0.3 is 0 Å². The van der Waals surface area contributed by atoms with Crippen LogP contribution in [0.25, 0.3) is 0 Å². The van der Waals surface area contributed by atoms with Gasteiger partial charge in [0, 0.05) is 18.4 Å². The third kappa shape index (κ3) is 5.14. The lowest BCUT2D eigenvalue weighted by Crippen LogP contribution is -2.15. The summed E-state index contributed by atoms with van der Waals surface area (Å²) in [4.78, 5) is 20.9. The number of nitrogens with one attached hydrogen (secondary N) is 2. The first-order chi connectivity index (χ1) is 12.2. The standard InChI is InChI=1S/C20H24N4O/c1-15-6-5-9-17(14-15)23-19(25)18-11-13-22-20(24-18)21-12-10-16-7-3-2-4-8-16/h5-7,9,11,13-14H,2-4,8,10,12H2,1H3,(H,23,25)(H,21,22,24). The molecule has 5 heteroatoms. The fourth-order valence-corrected chi connectivity index (χ4v) is 2.95. The highest BCUT2D eigenvalue weighted by molar-refractivity contribution is 6.02. The summed E-state index contributed by atoms with van der Waals surface area (Å²) < 4.78 is 0. The molecule has 5 nitrogen and oxygen atoms in total. The SMILES string of the molecule is Cc1cccc(NC(=O)c2ccnc(NCCC3=CCCCC3)n2)c1. The second-order valence-corrected chi connectivity index (χ2v) is 6.37. The van der Waals surface area contributed by atoms with Crippen LogP contribution in [0.5, 0.6) is 0 Å². The molecule has 1 amide bonds. The lowest BCUT2D eigenvalue weighted by molar-refractivity contribution is 0.102. The van der Waals surface area contributed by atoms with E-state index in [9.17, 15) is 4.79 Å².